The molecule has 0 saturated carbocycles. The Balaban J connectivity index is 1.83. The molecule has 0 radical (unpaired) electrons. The SMILES string of the molecule is Nc1ccc(COCc2ccc(F)cc2)cc1. The molecule has 0 aromatic heterocycles. The molecule has 0 fully saturated rings. The summed E-state index contributed by atoms with van der Waals surface area (Å²) >= 11 is 0. The van der Waals surface area contributed by atoms with E-state index in [4.69, 9.17) is 10.5 Å². The second kappa shape index (κ2) is 5.46. The molecule has 17 heavy (non-hydrogen) atoms. The maximum atomic E-state index is 12.7. The zero-order chi connectivity index (χ0) is 12.1. The van der Waals surface area contributed by atoms with Crippen LogP contribution in [0.5, 0.6) is 0 Å². The van der Waals surface area contributed by atoms with E-state index in [2.05, 4.69) is 0 Å². The minimum absolute atomic E-state index is 0.229. The highest BCUT2D eigenvalue weighted by atomic mass is 19.1. The minimum Gasteiger partial charge on any atom is -0.399 e. The van der Waals surface area contributed by atoms with Crippen molar-refractivity contribution in [3.63, 3.8) is 0 Å². The van der Waals surface area contributed by atoms with Crippen molar-refractivity contribution in [1.82, 2.24) is 0 Å². The molecule has 0 heterocycles. The van der Waals surface area contributed by atoms with Crippen molar-refractivity contribution < 1.29 is 9.13 Å². The highest BCUT2D eigenvalue weighted by Gasteiger charge is 1.96. The van der Waals surface area contributed by atoms with Crippen LogP contribution in [-0.4, -0.2) is 0 Å². The molecule has 0 aliphatic carbocycles. The zero-order valence-electron chi connectivity index (χ0n) is 9.40. The van der Waals surface area contributed by atoms with E-state index < -0.39 is 0 Å². The number of anilines is 1. The molecule has 0 bridgehead atoms. The highest BCUT2D eigenvalue weighted by molar-refractivity contribution is 5.39. The number of rotatable bonds is 4. The van der Waals surface area contributed by atoms with Crippen molar-refractivity contribution in [3.8, 4) is 0 Å². The molecular weight excluding hydrogens is 217 g/mol. The average molecular weight is 231 g/mol. The molecule has 2 nitrogen and oxygen atoms in total. The molecule has 0 aliphatic rings. The second-order valence-corrected chi connectivity index (χ2v) is 3.86. The summed E-state index contributed by atoms with van der Waals surface area (Å²) in [5.41, 5.74) is 8.36. The normalized spacial score (nSPS) is 10.4. The van der Waals surface area contributed by atoms with Crippen LogP contribution in [0, 0.1) is 5.82 Å². The largest absolute Gasteiger partial charge is 0.399 e. The summed E-state index contributed by atoms with van der Waals surface area (Å²) in [5.74, 6) is -0.229. The Bertz CT molecular complexity index is 419. The maximum Gasteiger partial charge on any atom is 0.123 e. The molecular formula is C14H14FNO. The van der Waals surface area contributed by atoms with Gasteiger partial charge in [0.05, 0.1) is 13.2 Å². The number of nitrogen functional groups attached to an aromatic ring is 1. The molecule has 2 aromatic carbocycles. The third-order valence-electron chi connectivity index (χ3n) is 2.43. The van der Waals surface area contributed by atoms with Crippen LogP contribution in [0.4, 0.5) is 10.1 Å². The number of hydrogen-bond donors (Lipinski definition) is 1. The summed E-state index contributed by atoms with van der Waals surface area (Å²) in [5, 5.41) is 0. The Morgan fingerprint density at radius 2 is 1.29 bits per heavy atom. The van der Waals surface area contributed by atoms with E-state index in [1.807, 2.05) is 24.3 Å². The van der Waals surface area contributed by atoms with E-state index in [9.17, 15) is 4.39 Å². The van der Waals surface area contributed by atoms with E-state index in [-0.39, 0.29) is 5.82 Å². The van der Waals surface area contributed by atoms with Gasteiger partial charge in [0.2, 0.25) is 0 Å². The van der Waals surface area contributed by atoms with E-state index in [1.54, 1.807) is 12.1 Å². The lowest BCUT2D eigenvalue weighted by molar-refractivity contribution is 0.107. The smallest absolute Gasteiger partial charge is 0.123 e. The van der Waals surface area contributed by atoms with E-state index >= 15 is 0 Å². The third-order valence-corrected chi connectivity index (χ3v) is 2.43. The predicted molar refractivity (Wildman–Crippen MR) is 65.7 cm³/mol. The first-order chi connectivity index (χ1) is 8.24. The van der Waals surface area contributed by atoms with Gasteiger partial charge in [0.15, 0.2) is 0 Å². The van der Waals surface area contributed by atoms with E-state index in [1.165, 1.54) is 12.1 Å². The number of halogens is 1. The Hall–Kier alpha value is -1.87. The lowest BCUT2D eigenvalue weighted by Crippen LogP contribution is -1.94. The summed E-state index contributed by atoms with van der Waals surface area (Å²) in [6, 6.07) is 13.9. The van der Waals surface area contributed by atoms with Crippen molar-refractivity contribution in [3.05, 3.63) is 65.5 Å². The van der Waals surface area contributed by atoms with Gasteiger partial charge in [0.25, 0.3) is 0 Å². The summed E-state index contributed by atoms with van der Waals surface area (Å²) in [7, 11) is 0. The maximum absolute atomic E-state index is 12.7. The van der Waals surface area contributed by atoms with Crippen LogP contribution in [0.1, 0.15) is 11.1 Å². The number of benzene rings is 2. The van der Waals surface area contributed by atoms with Gasteiger partial charge in [-0.2, -0.15) is 0 Å². The molecule has 0 aliphatic heterocycles. The van der Waals surface area contributed by atoms with Gasteiger partial charge in [-0.05, 0) is 35.4 Å². The summed E-state index contributed by atoms with van der Waals surface area (Å²) in [6.07, 6.45) is 0. The number of nitrogens with two attached hydrogens (primary N) is 1. The summed E-state index contributed by atoms with van der Waals surface area (Å²) in [6.45, 7) is 1.00. The first kappa shape index (κ1) is 11.6. The molecule has 0 spiro atoms. The van der Waals surface area contributed by atoms with Crippen LogP contribution in [0.2, 0.25) is 0 Å². The standard InChI is InChI=1S/C14H14FNO/c15-13-5-1-11(2-6-13)9-17-10-12-3-7-14(16)8-4-12/h1-8H,9-10,16H2. The molecule has 0 atom stereocenters. The lowest BCUT2D eigenvalue weighted by Gasteiger charge is -2.05. The predicted octanol–water partition coefficient (Wildman–Crippen LogP) is 3.12. The molecule has 2 N–H and O–H groups in total. The molecule has 0 saturated heterocycles. The van der Waals surface area contributed by atoms with Gasteiger partial charge in [0.1, 0.15) is 5.82 Å². The Morgan fingerprint density at radius 1 is 0.824 bits per heavy atom. The molecule has 2 rings (SSSR count). The summed E-state index contributed by atoms with van der Waals surface area (Å²) in [4.78, 5) is 0. The van der Waals surface area contributed by atoms with Crippen LogP contribution in [-0.2, 0) is 18.0 Å². The van der Waals surface area contributed by atoms with Crippen molar-refractivity contribution in [1.29, 1.82) is 0 Å². The van der Waals surface area contributed by atoms with Gasteiger partial charge in [-0.25, -0.2) is 4.39 Å². The quantitative estimate of drug-likeness (QED) is 0.820. The number of ether oxygens (including phenoxy) is 1. The lowest BCUT2D eigenvalue weighted by atomic mass is 10.2. The fraction of sp³-hybridized carbons (Fsp3) is 0.143. The van der Waals surface area contributed by atoms with Crippen LogP contribution in [0.15, 0.2) is 48.5 Å². The Kier molecular flexibility index (Phi) is 3.73. The van der Waals surface area contributed by atoms with Crippen LogP contribution >= 0.6 is 0 Å². The molecule has 0 amide bonds. The molecule has 0 unspecified atom stereocenters. The van der Waals surface area contributed by atoms with E-state index in [0.717, 1.165) is 16.8 Å². The monoisotopic (exact) mass is 231 g/mol. The van der Waals surface area contributed by atoms with Crippen LogP contribution in [0.25, 0.3) is 0 Å². The minimum atomic E-state index is -0.229. The number of hydrogen-bond acceptors (Lipinski definition) is 2. The van der Waals surface area contributed by atoms with Crippen molar-refractivity contribution in [2.24, 2.45) is 0 Å². The van der Waals surface area contributed by atoms with Gasteiger partial charge in [-0.3, -0.25) is 0 Å². The van der Waals surface area contributed by atoms with E-state index in [0.29, 0.717) is 13.2 Å². The van der Waals surface area contributed by atoms with Crippen LogP contribution in [0.3, 0.4) is 0 Å². The fourth-order valence-corrected chi connectivity index (χ4v) is 1.48. The van der Waals surface area contributed by atoms with Crippen LogP contribution < -0.4 is 5.73 Å². The van der Waals surface area contributed by atoms with Crippen molar-refractivity contribution in [2.45, 2.75) is 13.2 Å². The second-order valence-electron chi connectivity index (χ2n) is 3.86. The molecule has 2 aromatic rings. The summed E-state index contributed by atoms with van der Waals surface area (Å²) < 4.78 is 18.2. The molecule has 3 heteroatoms. The van der Waals surface area contributed by atoms with Gasteiger partial charge in [-0.1, -0.05) is 24.3 Å². The fourth-order valence-electron chi connectivity index (χ4n) is 1.48. The first-order valence-electron chi connectivity index (χ1n) is 5.40. The Labute approximate surface area is 99.8 Å². The topological polar surface area (TPSA) is 35.2 Å². The average Bonchev–Trinajstić information content (AvgIpc) is 2.34. The zero-order valence-corrected chi connectivity index (χ0v) is 9.40. The molecule has 88 valence electrons. The van der Waals surface area contributed by atoms with Gasteiger partial charge < -0.3 is 10.5 Å². The van der Waals surface area contributed by atoms with Crippen molar-refractivity contribution in [2.75, 3.05) is 5.73 Å². The first-order valence-corrected chi connectivity index (χ1v) is 5.40. The highest BCUT2D eigenvalue weighted by Crippen LogP contribution is 2.09. The van der Waals surface area contributed by atoms with Gasteiger partial charge in [-0.15, -0.1) is 0 Å². The van der Waals surface area contributed by atoms with Gasteiger partial charge >= 0.3 is 0 Å². The van der Waals surface area contributed by atoms with Crippen molar-refractivity contribution >= 4 is 5.69 Å². The third kappa shape index (κ3) is 3.57. The van der Waals surface area contributed by atoms with Gasteiger partial charge in [0, 0.05) is 5.69 Å². The Morgan fingerprint density at radius 3 is 1.82 bits per heavy atom.